The van der Waals surface area contributed by atoms with Gasteiger partial charge in [-0.15, -0.1) is 0 Å². The summed E-state index contributed by atoms with van der Waals surface area (Å²) in [6.45, 7) is 7.36. The van der Waals surface area contributed by atoms with E-state index in [4.69, 9.17) is 11.6 Å². The van der Waals surface area contributed by atoms with E-state index in [-0.39, 0.29) is 17.3 Å². The Morgan fingerprint density at radius 2 is 1.50 bits per heavy atom. The first-order chi connectivity index (χ1) is 18.0. The third-order valence-electron chi connectivity index (χ3n) is 6.22. The molecule has 3 aromatic carbocycles. The molecule has 0 unspecified atom stereocenters. The average Bonchev–Trinajstić information content (AvgIpc) is 2.90. The van der Waals surface area contributed by atoms with Crippen LogP contribution in [0.15, 0.2) is 77.7 Å². The SMILES string of the molecule is CCCNC(=O)[C@@H](C)N(Cc1ccccc1Cl)C(=O)CN(c1ccc(C)cc1)S(=O)(=O)c1ccc(C)cc1. The highest BCUT2D eigenvalue weighted by atomic mass is 35.5. The third kappa shape index (κ3) is 7.14. The number of halogens is 1. The molecule has 0 saturated heterocycles. The number of sulfonamides is 1. The van der Waals surface area contributed by atoms with Gasteiger partial charge in [-0.05, 0) is 63.1 Å². The molecule has 0 radical (unpaired) electrons. The van der Waals surface area contributed by atoms with Gasteiger partial charge in [0.05, 0.1) is 10.6 Å². The molecule has 38 heavy (non-hydrogen) atoms. The number of anilines is 1. The number of benzene rings is 3. The lowest BCUT2D eigenvalue weighted by Crippen LogP contribution is -2.51. The van der Waals surface area contributed by atoms with Crippen LogP contribution in [-0.2, 0) is 26.2 Å². The predicted molar refractivity (Wildman–Crippen MR) is 152 cm³/mol. The Labute approximate surface area is 230 Å². The molecule has 0 aromatic heterocycles. The molecule has 0 spiro atoms. The van der Waals surface area contributed by atoms with E-state index in [1.54, 1.807) is 67.6 Å². The summed E-state index contributed by atoms with van der Waals surface area (Å²) in [5, 5.41) is 3.28. The van der Waals surface area contributed by atoms with E-state index in [0.29, 0.717) is 22.8 Å². The zero-order valence-corrected chi connectivity index (χ0v) is 23.7. The zero-order valence-electron chi connectivity index (χ0n) is 22.1. The van der Waals surface area contributed by atoms with Crippen molar-refractivity contribution in [2.45, 2.75) is 51.6 Å². The molecule has 2 amide bonds. The number of amides is 2. The molecule has 0 saturated carbocycles. The first-order valence-electron chi connectivity index (χ1n) is 12.5. The van der Waals surface area contributed by atoms with Gasteiger partial charge in [0.1, 0.15) is 12.6 Å². The molecule has 0 fully saturated rings. The van der Waals surface area contributed by atoms with Crippen molar-refractivity contribution in [3.63, 3.8) is 0 Å². The van der Waals surface area contributed by atoms with Gasteiger partial charge in [0, 0.05) is 18.1 Å². The van der Waals surface area contributed by atoms with Crippen molar-refractivity contribution in [2.24, 2.45) is 0 Å². The summed E-state index contributed by atoms with van der Waals surface area (Å²) in [7, 11) is -4.09. The van der Waals surface area contributed by atoms with E-state index in [1.165, 1.54) is 17.0 Å². The molecule has 0 heterocycles. The third-order valence-corrected chi connectivity index (χ3v) is 8.38. The fraction of sp³-hybridized carbons (Fsp3) is 0.310. The van der Waals surface area contributed by atoms with Crippen LogP contribution in [0.5, 0.6) is 0 Å². The molecule has 0 aliphatic carbocycles. The maximum Gasteiger partial charge on any atom is 0.264 e. The summed E-state index contributed by atoms with van der Waals surface area (Å²) in [6.07, 6.45) is 0.743. The van der Waals surface area contributed by atoms with Crippen molar-refractivity contribution >= 4 is 39.1 Å². The highest BCUT2D eigenvalue weighted by molar-refractivity contribution is 7.92. The van der Waals surface area contributed by atoms with E-state index < -0.39 is 28.5 Å². The summed E-state index contributed by atoms with van der Waals surface area (Å²) in [6, 6.07) is 19.6. The van der Waals surface area contributed by atoms with E-state index in [9.17, 15) is 18.0 Å². The van der Waals surface area contributed by atoms with Gasteiger partial charge in [0.15, 0.2) is 0 Å². The van der Waals surface area contributed by atoms with Gasteiger partial charge < -0.3 is 10.2 Å². The lowest BCUT2D eigenvalue weighted by molar-refractivity contribution is -0.139. The highest BCUT2D eigenvalue weighted by Crippen LogP contribution is 2.26. The number of rotatable bonds is 11. The first kappa shape index (κ1) is 29.2. The number of nitrogens with zero attached hydrogens (tertiary/aromatic N) is 2. The number of aryl methyl sites for hydroxylation is 2. The molecule has 202 valence electrons. The smallest absolute Gasteiger partial charge is 0.264 e. The second kappa shape index (κ2) is 12.9. The van der Waals surface area contributed by atoms with Crippen LogP contribution in [0.4, 0.5) is 5.69 Å². The molecular weight excluding hydrogens is 522 g/mol. The Morgan fingerprint density at radius 3 is 2.08 bits per heavy atom. The van der Waals surface area contributed by atoms with Crippen LogP contribution in [0.1, 0.15) is 37.0 Å². The summed E-state index contributed by atoms with van der Waals surface area (Å²) in [5.74, 6) is -0.851. The molecule has 3 aromatic rings. The average molecular weight is 556 g/mol. The standard InChI is InChI=1S/C29H34ClN3O4S/c1-5-18-31-29(35)23(4)32(19-24-8-6-7-9-27(24)30)28(34)20-33(25-14-10-21(2)11-15-25)38(36,37)26-16-12-22(3)13-17-26/h6-17,23H,5,18-20H2,1-4H3,(H,31,35)/t23-/m1/s1. The number of hydrogen-bond donors (Lipinski definition) is 1. The van der Waals surface area contributed by atoms with Gasteiger partial charge in [-0.25, -0.2) is 8.42 Å². The Hall–Kier alpha value is -3.36. The van der Waals surface area contributed by atoms with E-state index in [2.05, 4.69) is 5.32 Å². The van der Waals surface area contributed by atoms with Crippen LogP contribution in [0, 0.1) is 13.8 Å². The van der Waals surface area contributed by atoms with Gasteiger partial charge in [-0.2, -0.15) is 0 Å². The van der Waals surface area contributed by atoms with Crippen molar-refractivity contribution in [3.05, 3.63) is 94.5 Å². The number of carbonyl (C=O) groups is 2. The zero-order chi connectivity index (χ0) is 27.9. The predicted octanol–water partition coefficient (Wildman–Crippen LogP) is 5.10. The van der Waals surface area contributed by atoms with Gasteiger partial charge in [0.2, 0.25) is 11.8 Å². The van der Waals surface area contributed by atoms with Crippen LogP contribution < -0.4 is 9.62 Å². The van der Waals surface area contributed by atoms with E-state index in [0.717, 1.165) is 21.9 Å². The van der Waals surface area contributed by atoms with Crippen molar-refractivity contribution in [1.29, 1.82) is 0 Å². The van der Waals surface area contributed by atoms with Crippen LogP contribution in [0.2, 0.25) is 5.02 Å². The van der Waals surface area contributed by atoms with Crippen molar-refractivity contribution in [3.8, 4) is 0 Å². The molecule has 7 nitrogen and oxygen atoms in total. The summed E-state index contributed by atoms with van der Waals surface area (Å²) < 4.78 is 28.7. The molecule has 0 bridgehead atoms. The van der Waals surface area contributed by atoms with Gasteiger partial charge in [-0.1, -0.05) is 72.1 Å². The minimum Gasteiger partial charge on any atom is -0.354 e. The maximum absolute atomic E-state index is 13.9. The lowest BCUT2D eigenvalue weighted by atomic mass is 10.1. The molecule has 1 N–H and O–H groups in total. The number of nitrogens with one attached hydrogen (secondary N) is 1. The van der Waals surface area contributed by atoms with Gasteiger partial charge in [-0.3, -0.25) is 13.9 Å². The highest BCUT2D eigenvalue weighted by Gasteiger charge is 2.32. The molecule has 9 heteroatoms. The normalized spacial score (nSPS) is 12.0. The van der Waals surface area contributed by atoms with Crippen molar-refractivity contribution < 1.29 is 18.0 Å². The molecule has 0 aliphatic heterocycles. The van der Waals surface area contributed by atoms with Gasteiger partial charge >= 0.3 is 0 Å². The minimum atomic E-state index is -4.09. The second-order valence-corrected chi connectivity index (χ2v) is 11.5. The number of hydrogen-bond acceptors (Lipinski definition) is 4. The number of carbonyl (C=O) groups excluding carboxylic acids is 2. The van der Waals surface area contributed by atoms with Crippen LogP contribution in [0.3, 0.4) is 0 Å². The van der Waals surface area contributed by atoms with E-state index in [1.807, 2.05) is 20.8 Å². The maximum atomic E-state index is 13.9. The fourth-order valence-electron chi connectivity index (χ4n) is 3.87. The summed E-state index contributed by atoms with van der Waals surface area (Å²) in [5.41, 5.74) is 2.88. The molecular formula is C29H34ClN3O4S. The Kier molecular flexibility index (Phi) is 9.94. The minimum absolute atomic E-state index is 0.0472. The van der Waals surface area contributed by atoms with E-state index >= 15 is 0 Å². The fourth-order valence-corrected chi connectivity index (χ4v) is 5.48. The summed E-state index contributed by atoms with van der Waals surface area (Å²) >= 11 is 6.38. The van der Waals surface area contributed by atoms with Crippen LogP contribution in [0.25, 0.3) is 0 Å². The molecule has 3 rings (SSSR count). The Morgan fingerprint density at radius 1 is 0.921 bits per heavy atom. The Balaban J connectivity index is 2.02. The molecule has 1 atom stereocenters. The first-order valence-corrected chi connectivity index (χ1v) is 14.3. The monoisotopic (exact) mass is 555 g/mol. The quantitative estimate of drug-likeness (QED) is 0.357. The van der Waals surface area contributed by atoms with Crippen LogP contribution in [-0.4, -0.2) is 44.3 Å². The van der Waals surface area contributed by atoms with Crippen molar-refractivity contribution in [2.75, 3.05) is 17.4 Å². The lowest BCUT2D eigenvalue weighted by Gasteiger charge is -2.32. The van der Waals surface area contributed by atoms with Gasteiger partial charge in [0.25, 0.3) is 10.0 Å². The van der Waals surface area contributed by atoms with Crippen molar-refractivity contribution in [1.82, 2.24) is 10.2 Å². The second-order valence-electron chi connectivity index (χ2n) is 9.24. The topological polar surface area (TPSA) is 86.8 Å². The Bertz CT molecular complexity index is 1360. The van der Waals surface area contributed by atoms with Crippen LogP contribution >= 0.6 is 11.6 Å². The molecule has 0 aliphatic rings. The summed E-state index contributed by atoms with van der Waals surface area (Å²) in [4.78, 5) is 28.2. The largest absolute Gasteiger partial charge is 0.354 e.